The topological polar surface area (TPSA) is 63.8 Å². The standard InChI is InChI=1S/C12H13ClN4/c13-10-3-4-11(16-8-10)12(17-14)6-9-2-1-5-15-7-9/h1-5,7-8,12,17H,6,14H2. The molecule has 1 atom stereocenters. The summed E-state index contributed by atoms with van der Waals surface area (Å²) in [7, 11) is 0. The van der Waals surface area contributed by atoms with E-state index in [4.69, 9.17) is 17.4 Å². The summed E-state index contributed by atoms with van der Waals surface area (Å²) >= 11 is 5.80. The monoisotopic (exact) mass is 248 g/mol. The van der Waals surface area contributed by atoms with Gasteiger partial charge in [0, 0.05) is 18.6 Å². The molecule has 0 aromatic carbocycles. The van der Waals surface area contributed by atoms with Crippen molar-refractivity contribution < 1.29 is 0 Å². The summed E-state index contributed by atoms with van der Waals surface area (Å²) in [5, 5.41) is 0.617. The van der Waals surface area contributed by atoms with Crippen LogP contribution in [-0.4, -0.2) is 9.97 Å². The van der Waals surface area contributed by atoms with Crippen LogP contribution in [0.5, 0.6) is 0 Å². The van der Waals surface area contributed by atoms with Gasteiger partial charge >= 0.3 is 0 Å². The molecular formula is C12H13ClN4. The summed E-state index contributed by atoms with van der Waals surface area (Å²) in [5.74, 6) is 5.55. The molecule has 0 aliphatic rings. The first-order chi connectivity index (χ1) is 8.29. The first-order valence-corrected chi connectivity index (χ1v) is 5.64. The smallest absolute Gasteiger partial charge is 0.0672 e. The van der Waals surface area contributed by atoms with Gasteiger partial charge in [-0.15, -0.1) is 0 Å². The fraction of sp³-hybridized carbons (Fsp3) is 0.167. The Morgan fingerprint density at radius 2 is 2.18 bits per heavy atom. The van der Waals surface area contributed by atoms with E-state index in [1.807, 2.05) is 24.4 Å². The minimum atomic E-state index is -0.0449. The molecular weight excluding hydrogens is 236 g/mol. The largest absolute Gasteiger partial charge is 0.271 e. The van der Waals surface area contributed by atoms with Crippen LogP contribution in [0.15, 0.2) is 42.9 Å². The van der Waals surface area contributed by atoms with E-state index < -0.39 is 0 Å². The van der Waals surface area contributed by atoms with E-state index >= 15 is 0 Å². The highest BCUT2D eigenvalue weighted by molar-refractivity contribution is 6.30. The van der Waals surface area contributed by atoms with Crippen LogP contribution < -0.4 is 11.3 Å². The van der Waals surface area contributed by atoms with Crippen LogP contribution in [0, 0.1) is 0 Å². The van der Waals surface area contributed by atoms with Gasteiger partial charge in [-0.25, -0.2) is 0 Å². The predicted octanol–water partition coefficient (Wildman–Crippen LogP) is 1.88. The lowest BCUT2D eigenvalue weighted by molar-refractivity contribution is 0.538. The molecule has 88 valence electrons. The number of hydrazine groups is 1. The molecule has 5 heteroatoms. The van der Waals surface area contributed by atoms with Gasteiger partial charge < -0.3 is 0 Å². The summed E-state index contributed by atoms with van der Waals surface area (Å²) in [6.07, 6.45) is 5.92. The van der Waals surface area contributed by atoms with E-state index in [2.05, 4.69) is 15.4 Å². The number of aromatic nitrogens is 2. The normalized spacial score (nSPS) is 12.4. The number of pyridine rings is 2. The quantitative estimate of drug-likeness (QED) is 0.641. The van der Waals surface area contributed by atoms with E-state index in [1.54, 1.807) is 18.5 Å². The minimum Gasteiger partial charge on any atom is -0.271 e. The lowest BCUT2D eigenvalue weighted by atomic mass is 10.1. The van der Waals surface area contributed by atoms with Crippen LogP contribution in [0.25, 0.3) is 0 Å². The molecule has 4 nitrogen and oxygen atoms in total. The van der Waals surface area contributed by atoms with Gasteiger partial charge in [0.2, 0.25) is 0 Å². The van der Waals surface area contributed by atoms with Crippen molar-refractivity contribution in [2.75, 3.05) is 0 Å². The molecule has 0 radical (unpaired) electrons. The average molecular weight is 249 g/mol. The molecule has 1 unspecified atom stereocenters. The van der Waals surface area contributed by atoms with Gasteiger partial charge in [-0.2, -0.15) is 0 Å². The Morgan fingerprint density at radius 1 is 1.29 bits per heavy atom. The van der Waals surface area contributed by atoms with E-state index in [-0.39, 0.29) is 6.04 Å². The van der Waals surface area contributed by atoms with Crippen LogP contribution in [0.2, 0.25) is 5.02 Å². The minimum absolute atomic E-state index is 0.0449. The van der Waals surface area contributed by atoms with Crippen LogP contribution in [-0.2, 0) is 6.42 Å². The second kappa shape index (κ2) is 5.72. The molecule has 0 fully saturated rings. The summed E-state index contributed by atoms with van der Waals surface area (Å²) in [6.45, 7) is 0. The van der Waals surface area contributed by atoms with Crippen molar-refractivity contribution in [1.29, 1.82) is 0 Å². The lowest BCUT2D eigenvalue weighted by Gasteiger charge is -2.15. The van der Waals surface area contributed by atoms with Gasteiger partial charge in [-0.1, -0.05) is 17.7 Å². The van der Waals surface area contributed by atoms with E-state index in [9.17, 15) is 0 Å². The summed E-state index contributed by atoms with van der Waals surface area (Å²) < 4.78 is 0. The Bertz CT molecular complexity index is 458. The zero-order valence-corrected chi connectivity index (χ0v) is 9.93. The molecule has 0 aliphatic carbocycles. The Morgan fingerprint density at radius 3 is 2.76 bits per heavy atom. The van der Waals surface area contributed by atoms with Gasteiger partial charge in [0.05, 0.1) is 16.8 Å². The molecule has 2 rings (SSSR count). The number of halogens is 1. The third-order valence-electron chi connectivity index (χ3n) is 2.47. The fourth-order valence-electron chi connectivity index (χ4n) is 1.60. The second-order valence-corrected chi connectivity index (χ2v) is 4.12. The third kappa shape index (κ3) is 3.23. The lowest BCUT2D eigenvalue weighted by Crippen LogP contribution is -2.30. The number of rotatable bonds is 4. The summed E-state index contributed by atoms with van der Waals surface area (Å²) in [5.41, 5.74) is 4.72. The third-order valence-corrected chi connectivity index (χ3v) is 2.69. The molecule has 0 saturated heterocycles. The van der Waals surface area contributed by atoms with Crippen molar-refractivity contribution in [3.63, 3.8) is 0 Å². The van der Waals surface area contributed by atoms with Gasteiger partial charge in [0.1, 0.15) is 0 Å². The number of nitrogens with one attached hydrogen (secondary N) is 1. The highest BCUT2D eigenvalue weighted by Crippen LogP contribution is 2.16. The Hall–Kier alpha value is -1.49. The Kier molecular flexibility index (Phi) is 4.03. The first-order valence-electron chi connectivity index (χ1n) is 5.26. The average Bonchev–Trinajstić information content (AvgIpc) is 2.38. The maximum atomic E-state index is 5.80. The van der Waals surface area contributed by atoms with Crippen LogP contribution in [0.4, 0.5) is 0 Å². The molecule has 0 saturated carbocycles. The number of nitrogens with zero attached hydrogens (tertiary/aromatic N) is 2. The second-order valence-electron chi connectivity index (χ2n) is 3.69. The molecule has 17 heavy (non-hydrogen) atoms. The van der Waals surface area contributed by atoms with Crippen LogP contribution in [0.3, 0.4) is 0 Å². The first kappa shape index (κ1) is 12.0. The van der Waals surface area contributed by atoms with E-state index in [1.165, 1.54) is 0 Å². The molecule has 0 spiro atoms. The SMILES string of the molecule is NNC(Cc1cccnc1)c1ccc(Cl)cn1. The van der Waals surface area contributed by atoms with Crippen molar-refractivity contribution in [3.8, 4) is 0 Å². The van der Waals surface area contributed by atoms with Gasteiger partial charge in [0.15, 0.2) is 0 Å². The summed E-state index contributed by atoms with van der Waals surface area (Å²) in [6, 6.07) is 7.53. The molecule has 0 amide bonds. The van der Waals surface area contributed by atoms with Gasteiger partial charge in [-0.05, 0) is 30.2 Å². The zero-order valence-electron chi connectivity index (χ0n) is 9.18. The van der Waals surface area contributed by atoms with Crippen molar-refractivity contribution in [3.05, 3.63) is 59.1 Å². The van der Waals surface area contributed by atoms with Crippen molar-refractivity contribution in [2.24, 2.45) is 5.84 Å². The highest BCUT2D eigenvalue weighted by atomic mass is 35.5. The Labute approximate surface area is 105 Å². The van der Waals surface area contributed by atoms with Crippen molar-refractivity contribution >= 4 is 11.6 Å². The summed E-state index contributed by atoms with van der Waals surface area (Å²) in [4.78, 5) is 8.32. The molecule has 0 aliphatic heterocycles. The van der Waals surface area contributed by atoms with Crippen molar-refractivity contribution in [1.82, 2.24) is 15.4 Å². The molecule has 2 heterocycles. The maximum Gasteiger partial charge on any atom is 0.0672 e. The molecule has 2 aromatic heterocycles. The van der Waals surface area contributed by atoms with E-state index in [0.717, 1.165) is 17.7 Å². The van der Waals surface area contributed by atoms with Crippen LogP contribution in [0.1, 0.15) is 17.3 Å². The maximum absolute atomic E-state index is 5.80. The zero-order chi connectivity index (χ0) is 12.1. The number of hydrogen-bond donors (Lipinski definition) is 2. The molecule has 0 bridgehead atoms. The number of hydrogen-bond acceptors (Lipinski definition) is 4. The molecule has 2 aromatic rings. The fourth-order valence-corrected chi connectivity index (χ4v) is 1.71. The number of nitrogens with two attached hydrogens (primary N) is 1. The van der Waals surface area contributed by atoms with E-state index in [0.29, 0.717) is 5.02 Å². The Balaban J connectivity index is 2.14. The molecule has 3 N–H and O–H groups in total. The highest BCUT2D eigenvalue weighted by Gasteiger charge is 2.11. The van der Waals surface area contributed by atoms with Crippen LogP contribution >= 0.6 is 11.6 Å². The van der Waals surface area contributed by atoms with Gasteiger partial charge in [-0.3, -0.25) is 21.2 Å². The predicted molar refractivity (Wildman–Crippen MR) is 67.3 cm³/mol. The van der Waals surface area contributed by atoms with Crippen molar-refractivity contribution in [2.45, 2.75) is 12.5 Å². The van der Waals surface area contributed by atoms with Gasteiger partial charge in [0.25, 0.3) is 0 Å².